The van der Waals surface area contributed by atoms with E-state index >= 15 is 0 Å². The monoisotopic (exact) mass is 422 g/mol. The zero-order valence-corrected chi connectivity index (χ0v) is 16.5. The summed E-state index contributed by atoms with van der Waals surface area (Å²) in [4.78, 5) is 36.7. The lowest BCUT2D eigenvalue weighted by Gasteiger charge is -2.14. The van der Waals surface area contributed by atoms with E-state index in [1.54, 1.807) is 60.7 Å². The number of carbonyl (C=O) groups is 3. The number of carbonyl (C=O) groups excluding carboxylic acids is 3. The summed E-state index contributed by atoms with van der Waals surface area (Å²) in [6.45, 7) is 0. The number of nitrogens with one attached hydrogen (secondary N) is 1. The van der Waals surface area contributed by atoms with Gasteiger partial charge in [0.15, 0.2) is 0 Å². The van der Waals surface area contributed by atoms with Gasteiger partial charge in [0.25, 0.3) is 11.8 Å². The first-order valence-corrected chi connectivity index (χ1v) is 9.25. The zero-order valence-electron chi connectivity index (χ0n) is 15.7. The third-order valence-corrected chi connectivity index (χ3v) is 4.67. The van der Waals surface area contributed by atoms with Crippen LogP contribution in [0.4, 0.5) is 5.69 Å². The highest BCUT2D eigenvalue weighted by atomic mass is 35.5. The van der Waals surface area contributed by atoms with Crippen LogP contribution >= 0.6 is 11.6 Å². The number of rotatable bonds is 4. The molecule has 3 aromatic rings. The van der Waals surface area contributed by atoms with Crippen LogP contribution in [0.3, 0.4) is 0 Å². The van der Waals surface area contributed by atoms with Gasteiger partial charge in [-0.15, -0.1) is 0 Å². The normalized spacial score (nSPS) is 14.9. The fourth-order valence-electron chi connectivity index (χ4n) is 3.00. The van der Waals surface area contributed by atoms with Gasteiger partial charge in [-0.1, -0.05) is 29.8 Å². The van der Waals surface area contributed by atoms with Crippen molar-refractivity contribution in [2.75, 3.05) is 12.1 Å². The summed E-state index contributed by atoms with van der Waals surface area (Å²) in [7, 11) is 1.31. The van der Waals surface area contributed by atoms with Gasteiger partial charge in [0.05, 0.1) is 18.4 Å². The van der Waals surface area contributed by atoms with E-state index < -0.39 is 17.8 Å². The Hall–Kier alpha value is -3.84. The van der Waals surface area contributed by atoms with Crippen molar-refractivity contribution in [1.29, 1.82) is 0 Å². The van der Waals surface area contributed by atoms with Gasteiger partial charge in [-0.05, 0) is 48.5 Å². The van der Waals surface area contributed by atoms with E-state index in [2.05, 4.69) is 5.43 Å². The number of hydrazine groups is 1. The van der Waals surface area contributed by atoms with Crippen LogP contribution in [0.5, 0.6) is 0 Å². The molecule has 2 amide bonds. The Morgan fingerprint density at radius 2 is 1.90 bits per heavy atom. The molecule has 0 saturated carbocycles. The van der Waals surface area contributed by atoms with Gasteiger partial charge in [0.1, 0.15) is 17.1 Å². The highest BCUT2D eigenvalue weighted by Crippen LogP contribution is 2.27. The smallest absolute Gasteiger partial charge is 0.337 e. The van der Waals surface area contributed by atoms with E-state index in [0.29, 0.717) is 33.4 Å². The summed E-state index contributed by atoms with van der Waals surface area (Å²) in [6, 6.07) is 16.7. The van der Waals surface area contributed by atoms with Crippen LogP contribution < -0.4 is 10.4 Å². The van der Waals surface area contributed by atoms with Crippen molar-refractivity contribution in [2.24, 2.45) is 0 Å². The van der Waals surface area contributed by atoms with Crippen LogP contribution in [0.1, 0.15) is 16.1 Å². The minimum absolute atomic E-state index is 0.0702. The molecule has 2 heterocycles. The molecule has 0 radical (unpaired) electrons. The van der Waals surface area contributed by atoms with E-state index in [1.807, 2.05) is 0 Å². The molecule has 30 heavy (non-hydrogen) atoms. The van der Waals surface area contributed by atoms with Crippen LogP contribution in [0, 0.1) is 0 Å². The Kier molecular flexibility index (Phi) is 5.12. The lowest BCUT2D eigenvalue weighted by Crippen LogP contribution is -2.35. The molecule has 150 valence electrons. The summed E-state index contributed by atoms with van der Waals surface area (Å²) in [5, 5.41) is 1.57. The van der Waals surface area contributed by atoms with Crippen molar-refractivity contribution in [1.82, 2.24) is 5.43 Å². The number of halogens is 1. The van der Waals surface area contributed by atoms with Gasteiger partial charge < -0.3 is 9.15 Å². The predicted molar refractivity (Wildman–Crippen MR) is 111 cm³/mol. The first-order valence-electron chi connectivity index (χ1n) is 8.87. The first-order chi connectivity index (χ1) is 14.5. The first kappa shape index (κ1) is 19.5. The molecule has 1 N–H and O–H groups in total. The van der Waals surface area contributed by atoms with Crippen molar-refractivity contribution in [3.8, 4) is 11.3 Å². The van der Waals surface area contributed by atoms with Crippen molar-refractivity contribution in [3.63, 3.8) is 0 Å². The molecular weight excluding hydrogens is 408 g/mol. The molecule has 0 spiro atoms. The number of hydrogen-bond donors (Lipinski definition) is 1. The van der Waals surface area contributed by atoms with E-state index in [1.165, 1.54) is 13.2 Å². The van der Waals surface area contributed by atoms with E-state index in [4.69, 9.17) is 20.8 Å². The van der Waals surface area contributed by atoms with Gasteiger partial charge in [-0.25, -0.2) is 9.80 Å². The second-order valence-corrected chi connectivity index (χ2v) is 6.83. The number of ether oxygens (including phenoxy) is 1. The molecule has 1 aromatic heterocycles. The molecule has 1 fully saturated rings. The second-order valence-electron chi connectivity index (χ2n) is 6.39. The maximum absolute atomic E-state index is 12.7. The quantitative estimate of drug-likeness (QED) is 0.392. The highest BCUT2D eigenvalue weighted by Gasteiger charge is 2.34. The molecule has 4 rings (SSSR count). The highest BCUT2D eigenvalue weighted by molar-refractivity contribution is 6.33. The minimum Gasteiger partial charge on any atom is -0.465 e. The Labute approximate surface area is 176 Å². The zero-order chi connectivity index (χ0) is 21.3. The van der Waals surface area contributed by atoms with Crippen LogP contribution in [0.2, 0.25) is 5.02 Å². The lowest BCUT2D eigenvalue weighted by molar-refractivity contribution is -0.117. The number of nitrogens with zero attached hydrogens (tertiary/aromatic N) is 1. The Morgan fingerprint density at radius 3 is 2.67 bits per heavy atom. The lowest BCUT2D eigenvalue weighted by atomic mass is 10.1. The SMILES string of the molecule is COC(=O)c1cccc(-c2ccc(/C=C3\C(=O)NN(c4cccc(Cl)c4)C3=O)o2)c1. The minimum atomic E-state index is -0.550. The predicted octanol–water partition coefficient (Wildman–Crippen LogP) is 3.85. The van der Waals surface area contributed by atoms with Gasteiger partial charge in [0.2, 0.25) is 0 Å². The number of amides is 2. The summed E-state index contributed by atoms with van der Waals surface area (Å²) in [5.41, 5.74) is 3.93. The van der Waals surface area contributed by atoms with E-state index in [0.717, 1.165) is 5.01 Å². The third-order valence-electron chi connectivity index (χ3n) is 4.44. The van der Waals surface area contributed by atoms with Crippen molar-refractivity contribution < 1.29 is 23.5 Å². The number of anilines is 1. The Bertz CT molecular complexity index is 1200. The topological polar surface area (TPSA) is 88.9 Å². The molecule has 0 bridgehead atoms. The van der Waals surface area contributed by atoms with E-state index in [9.17, 15) is 14.4 Å². The average molecular weight is 423 g/mol. The standard InChI is InChI=1S/C22H15ClN2O5/c1-29-22(28)14-5-2-4-13(10-14)19-9-8-17(30-19)12-18-20(26)24-25(21(18)27)16-7-3-6-15(23)11-16/h2-12H,1H3,(H,24,26)/b18-12+. The maximum atomic E-state index is 12.7. The fraction of sp³-hybridized carbons (Fsp3) is 0.0455. The average Bonchev–Trinajstić information content (AvgIpc) is 3.33. The largest absolute Gasteiger partial charge is 0.465 e. The fourth-order valence-corrected chi connectivity index (χ4v) is 3.18. The van der Waals surface area contributed by atoms with Gasteiger partial charge in [0, 0.05) is 10.6 Å². The molecule has 0 atom stereocenters. The van der Waals surface area contributed by atoms with Crippen molar-refractivity contribution in [3.05, 3.63) is 82.6 Å². The van der Waals surface area contributed by atoms with E-state index in [-0.39, 0.29) is 5.57 Å². The van der Waals surface area contributed by atoms with Gasteiger partial charge >= 0.3 is 5.97 Å². The number of methoxy groups -OCH3 is 1. The van der Waals surface area contributed by atoms with Crippen LogP contribution in [0.15, 0.2) is 70.7 Å². The molecule has 0 aliphatic carbocycles. The Balaban J connectivity index is 1.61. The molecule has 7 nitrogen and oxygen atoms in total. The Morgan fingerprint density at radius 1 is 1.10 bits per heavy atom. The number of esters is 1. The molecule has 1 aliphatic heterocycles. The summed E-state index contributed by atoms with van der Waals surface area (Å²) < 4.78 is 10.5. The summed E-state index contributed by atoms with van der Waals surface area (Å²) in [5.74, 6) is -0.733. The molecular formula is C22H15ClN2O5. The van der Waals surface area contributed by atoms with Gasteiger partial charge in [-0.3, -0.25) is 15.0 Å². The molecule has 1 saturated heterocycles. The molecule has 8 heteroatoms. The molecule has 0 unspecified atom stereocenters. The van der Waals surface area contributed by atoms with Crippen molar-refractivity contribution >= 4 is 41.1 Å². The number of benzene rings is 2. The van der Waals surface area contributed by atoms with Crippen LogP contribution in [0.25, 0.3) is 17.4 Å². The summed E-state index contributed by atoms with van der Waals surface area (Å²) in [6.07, 6.45) is 1.37. The van der Waals surface area contributed by atoms with Gasteiger partial charge in [-0.2, -0.15) is 0 Å². The number of hydrogen-bond acceptors (Lipinski definition) is 5. The third kappa shape index (κ3) is 3.70. The van der Waals surface area contributed by atoms with Crippen LogP contribution in [-0.4, -0.2) is 24.9 Å². The molecule has 2 aromatic carbocycles. The maximum Gasteiger partial charge on any atom is 0.337 e. The van der Waals surface area contributed by atoms with Crippen LogP contribution in [-0.2, 0) is 14.3 Å². The second kappa shape index (κ2) is 7.88. The number of furan rings is 1. The molecule has 1 aliphatic rings. The summed E-state index contributed by atoms with van der Waals surface area (Å²) >= 11 is 5.97. The van der Waals surface area contributed by atoms with Crippen molar-refractivity contribution in [2.45, 2.75) is 0 Å².